The third-order valence-corrected chi connectivity index (χ3v) is 3.74. The van der Waals surface area contributed by atoms with E-state index >= 15 is 0 Å². The van der Waals surface area contributed by atoms with E-state index in [-0.39, 0.29) is 5.57 Å². The molecular weight excluding hydrogens is 324 g/mol. The summed E-state index contributed by atoms with van der Waals surface area (Å²) in [5.41, 5.74) is 2.25. The molecule has 1 amide bonds. The first kappa shape index (κ1) is 17.6. The topological polar surface area (TPSA) is 62.1 Å². The Bertz CT molecular complexity index is 822. The Morgan fingerprint density at radius 2 is 2.08 bits per heavy atom. The highest BCUT2D eigenvalue weighted by Crippen LogP contribution is 2.25. The van der Waals surface area contributed by atoms with Crippen molar-refractivity contribution in [2.75, 3.05) is 12.4 Å². The number of amides is 1. The smallest absolute Gasteiger partial charge is 0.266 e. The maximum Gasteiger partial charge on any atom is 0.266 e. The Hall–Kier alpha value is -2.77. The quantitative estimate of drug-likeness (QED) is 0.645. The average Bonchev–Trinajstić information content (AvgIpc) is 2.60. The van der Waals surface area contributed by atoms with Gasteiger partial charge in [0.15, 0.2) is 0 Å². The van der Waals surface area contributed by atoms with Gasteiger partial charge in [-0.3, -0.25) is 4.79 Å². The zero-order valence-electron chi connectivity index (χ0n) is 13.5. The number of para-hydroxylation sites is 1. The monoisotopic (exact) mass is 340 g/mol. The molecule has 0 spiro atoms. The predicted molar refractivity (Wildman–Crippen MR) is 96.0 cm³/mol. The number of nitriles is 1. The lowest BCUT2D eigenvalue weighted by molar-refractivity contribution is -0.112. The summed E-state index contributed by atoms with van der Waals surface area (Å²) >= 11 is 5.98. The van der Waals surface area contributed by atoms with Crippen LogP contribution in [0.4, 0.5) is 5.69 Å². The van der Waals surface area contributed by atoms with Crippen LogP contribution in [0.2, 0.25) is 5.02 Å². The number of nitrogens with one attached hydrogen (secondary N) is 1. The van der Waals surface area contributed by atoms with E-state index in [1.807, 2.05) is 37.3 Å². The molecular formula is C19H17ClN2O2. The number of halogens is 1. The standard InChI is InChI=1S/C19H17ClN2O2/c1-3-13-6-4-5-7-17(13)22-19(23)15(12-21)10-14-11-16(20)8-9-18(14)24-2/h4-11H,3H2,1-2H3,(H,22,23)/b15-10+. The fraction of sp³-hybridized carbons (Fsp3) is 0.158. The highest BCUT2D eigenvalue weighted by atomic mass is 35.5. The van der Waals surface area contributed by atoms with Crippen molar-refractivity contribution in [3.05, 3.63) is 64.2 Å². The van der Waals surface area contributed by atoms with Crippen molar-refractivity contribution in [2.45, 2.75) is 13.3 Å². The molecule has 122 valence electrons. The first-order valence-corrected chi connectivity index (χ1v) is 7.81. The second-order valence-electron chi connectivity index (χ2n) is 5.02. The lowest BCUT2D eigenvalue weighted by Crippen LogP contribution is -2.14. The third kappa shape index (κ3) is 4.15. The summed E-state index contributed by atoms with van der Waals surface area (Å²) in [7, 11) is 1.52. The van der Waals surface area contributed by atoms with Crippen molar-refractivity contribution in [1.82, 2.24) is 0 Å². The molecule has 0 heterocycles. The second kappa shape index (κ2) is 8.19. The number of hydrogen-bond donors (Lipinski definition) is 1. The number of benzene rings is 2. The molecule has 0 unspecified atom stereocenters. The number of anilines is 1. The minimum absolute atomic E-state index is 0.0264. The number of rotatable bonds is 5. The lowest BCUT2D eigenvalue weighted by Gasteiger charge is -2.10. The van der Waals surface area contributed by atoms with Crippen LogP contribution in [-0.4, -0.2) is 13.0 Å². The van der Waals surface area contributed by atoms with E-state index in [0.29, 0.717) is 22.0 Å². The Kier molecular flexibility index (Phi) is 6.00. The Morgan fingerprint density at radius 3 is 2.75 bits per heavy atom. The SMILES string of the molecule is CCc1ccccc1NC(=O)/C(C#N)=C/c1cc(Cl)ccc1OC. The predicted octanol–water partition coefficient (Wildman–Crippen LogP) is 4.46. The number of methoxy groups -OCH3 is 1. The van der Waals surface area contributed by atoms with Crippen molar-refractivity contribution in [1.29, 1.82) is 5.26 Å². The van der Waals surface area contributed by atoms with Gasteiger partial charge in [-0.1, -0.05) is 36.7 Å². The summed E-state index contributed by atoms with van der Waals surface area (Å²) in [4.78, 5) is 12.4. The largest absolute Gasteiger partial charge is 0.496 e. The van der Waals surface area contributed by atoms with Crippen molar-refractivity contribution in [3.8, 4) is 11.8 Å². The molecule has 2 aromatic carbocycles. The van der Waals surface area contributed by atoms with Crippen LogP contribution in [0, 0.1) is 11.3 Å². The molecule has 2 rings (SSSR count). The van der Waals surface area contributed by atoms with Crippen molar-refractivity contribution < 1.29 is 9.53 Å². The molecule has 0 aliphatic carbocycles. The molecule has 2 aromatic rings. The molecule has 0 bridgehead atoms. The second-order valence-corrected chi connectivity index (χ2v) is 5.46. The average molecular weight is 341 g/mol. The van der Waals surface area contributed by atoms with Gasteiger partial charge in [-0.2, -0.15) is 5.26 Å². The molecule has 0 atom stereocenters. The molecule has 0 aliphatic rings. The third-order valence-electron chi connectivity index (χ3n) is 3.50. The van der Waals surface area contributed by atoms with Crippen LogP contribution < -0.4 is 10.1 Å². The number of ether oxygens (including phenoxy) is 1. The molecule has 0 saturated carbocycles. The van der Waals surface area contributed by atoms with Gasteiger partial charge in [0.25, 0.3) is 5.91 Å². The summed E-state index contributed by atoms with van der Waals surface area (Å²) < 4.78 is 5.24. The van der Waals surface area contributed by atoms with E-state index in [0.717, 1.165) is 12.0 Å². The van der Waals surface area contributed by atoms with Crippen LogP contribution in [0.3, 0.4) is 0 Å². The molecule has 24 heavy (non-hydrogen) atoms. The number of carbonyl (C=O) groups excluding carboxylic acids is 1. The van der Waals surface area contributed by atoms with Crippen molar-refractivity contribution in [3.63, 3.8) is 0 Å². The summed E-state index contributed by atoms with van der Waals surface area (Å²) in [5, 5.41) is 12.6. The van der Waals surface area contributed by atoms with Gasteiger partial charge >= 0.3 is 0 Å². The Morgan fingerprint density at radius 1 is 1.33 bits per heavy atom. The normalized spacial score (nSPS) is 10.8. The molecule has 0 aliphatic heterocycles. The highest BCUT2D eigenvalue weighted by Gasteiger charge is 2.13. The van der Waals surface area contributed by atoms with Crippen molar-refractivity contribution in [2.24, 2.45) is 0 Å². The molecule has 5 heteroatoms. The lowest BCUT2D eigenvalue weighted by atomic mass is 10.1. The Labute approximate surface area is 146 Å². The van der Waals surface area contributed by atoms with E-state index in [1.165, 1.54) is 13.2 Å². The maximum absolute atomic E-state index is 12.4. The summed E-state index contributed by atoms with van der Waals surface area (Å²) in [6.45, 7) is 2.00. The summed E-state index contributed by atoms with van der Waals surface area (Å²) in [6, 6.07) is 14.4. The minimum Gasteiger partial charge on any atom is -0.496 e. The number of carbonyl (C=O) groups is 1. The van der Waals surface area contributed by atoms with Gasteiger partial charge in [-0.25, -0.2) is 0 Å². The fourth-order valence-electron chi connectivity index (χ4n) is 2.26. The zero-order valence-corrected chi connectivity index (χ0v) is 14.2. The first-order chi connectivity index (χ1) is 11.6. The van der Waals surface area contributed by atoms with Gasteiger partial charge in [-0.15, -0.1) is 0 Å². The van der Waals surface area contributed by atoms with E-state index in [9.17, 15) is 10.1 Å². The zero-order chi connectivity index (χ0) is 17.5. The van der Waals surface area contributed by atoms with Crippen LogP contribution in [0.15, 0.2) is 48.0 Å². The van der Waals surface area contributed by atoms with Gasteiger partial charge in [-0.05, 0) is 42.3 Å². The summed E-state index contributed by atoms with van der Waals surface area (Å²) in [5.74, 6) is 0.0642. The molecule has 1 N–H and O–H groups in total. The van der Waals surface area contributed by atoms with E-state index in [2.05, 4.69) is 5.32 Å². The van der Waals surface area contributed by atoms with Gasteiger partial charge in [0.05, 0.1) is 7.11 Å². The molecule has 0 aromatic heterocycles. The first-order valence-electron chi connectivity index (χ1n) is 7.43. The van der Waals surface area contributed by atoms with E-state index < -0.39 is 5.91 Å². The maximum atomic E-state index is 12.4. The molecule has 0 fully saturated rings. The minimum atomic E-state index is -0.472. The van der Waals surface area contributed by atoms with Gasteiger partial charge in [0, 0.05) is 16.3 Å². The highest BCUT2D eigenvalue weighted by molar-refractivity contribution is 6.30. The van der Waals surface area contributed by atoms with Gasteiger partial charge in [0.2, 0.25) is 0 Å². The van der Waals surface area contributed by atoms with E-state index in [1.54, 1.807) is 18.2 Å². The Balaban J connectivity index is 2.33. The molecule has 0 radical (unpaired) electrons. The van der Waals surface area contributed by atoms with Crippen LogP contribution >= 0.6 is 11.6 Å². The molecule has 0 saturated heterocycles. The van der Waals surface area contributed by atoms with E-state index in [4.69, 9.17) is 16.3 Å². The summed E-state index contributed by atoms with van der Waals surface area (Å²) in [6.07, 6.45) is 2.25. The van der Waals surface area contributed by atoms with Gasteiger partial charge < -0.3 is 10.1 Å². The van der Waals surface area contributed by atoms with Crippen LogP contribution in [0.1, 0.15) is 18.1 Å². The fourth-order valence-corrected chi connectivity index (χ4v) is 2.44. The number of nitrogens with zero attached hydrogens (tertiary/aromatic N) is 1. The van der Waals surface area contributed by atoms with Crippen LogP contribution in [0.5, 0.6) is 5.75 Å². The molecule has 4 nitrogen and oxygen atoms in total. The van der Waals surface area contributed by atoms with Gasteiger partial charge in [0.1, 0.15) is 17.4 Å². The number of aryl methyl sites for hydroxylation is 1. The van der Waals surface area contributed by atoms with Crippen molar-refractivity contribution >= 4 is 29.3 Å². The van der Waals surface area contributed by atoms with Crippen LogP contribution in [0.25, 0.3) is 6.08 Å². The number of hydrogen-bond acceptors (Lipinski definition) is 3. The van der Waals surface area contributed by atoms with Crippen LogP contribution in [-0.2, 0) is 11.2 Å².